The molecule has 2 aromatic carbocycles. The molecule has 9 nitrogen and oxygen atoms in total. The van der Waals surface area contributed by atoms with Crippen molar-refractivity contribution >= 4 is 29.0 Å². The lowest BCUT2D eigenvalue weighted by Gasteiger charge is -2.29. The molecule has 3 N–H and O–H groups in total. The van der Waals surface area contributed by atoms with E-state index in [2.05, 4.69) is 20.7 Å². The summed E-state index contributed by atoms with van der Waals surface area (Å²) in [6, 6.07) is 17.2. The van der Waals surface area contributed by atoms with E-state index in [1.807, 2.05) is 75.4 Å². The fourth-order valence-corrected chi connectivity index (χ4v) is 5.06. The molecule has 3 aromatic rings. The van der Waals surface area contributed by atoms with Crippen molar-refractivity contribution in [1.29, 1.82) is 0 Å². The molecule has 1 heterocycles. The van der Waals surface area contributed by atoms with Gasteiger partial charge in [0.1, 0.15) is 5.60 Å². The number of pyridine rings is 1. The minimum absolute atomic E-state index is 0.113. The second-order valence-corrected chi connectivity index (χ2v) is 11.6. The van der Waals surface area contributed by atoms with Crippen LogP contribution in [0.1, 0.15) is 62.4 Å². The largest absolute Gasteiger partial charge is 0.453 e. The summed E-state index contributed by atoms with van der Waals surface area (Å²) >= 11 is 0. The summed E-state index contributed by atoms with van der Waals surface area (Å²) < 4.78 is 9.95. The third-order valence-electron chi connectivity index (χ3n) is 7.28. The van der Waals surface area contributed by atoms with Crippen LogP contribution in [0.2, 0.25) is 0 Å². The number of aromatic nitrogens is 1. The van der Waals surface area contributed by atoms with Crippen LogP contribution in [0.4, 0.5) is 9.59 Å². The van der Waals surface area contributed by atoms with Crippen molar-refractivity contribution in [2.75, 3.05) is 20.2 Å². The first-order valence-corrected chi connectivity index (χ1v) is 14.2. The first-order valence-electron chi connectivity index (χ1n) is 14.2. The fraction of sp³-hybridized carbons (Fsp3) is 0.438. The van der Waals surface area contributed by atoms with Crippen molar-refractivity contribution in [1.82, 2.24) is 20.9 Å². The summed E-state index contributed by atoms with van der Waals surface area (Å²) in [4.78, 5) is 41.5. The zero-order valence-electron chi connectivity index (χ0n) is 24.3. The van der Waals surface area contributed by atoms with Gasteiger partial charge in [-0.25, -0.2) is 14.6 Å². The van der Waals surface area contributed by atoms with Crippen LogP contribution in [0.3, 0.4) is 0 Å². The minimum atomic E-state index is -0.504. The van der Waals surface area contributed by atoms with Gasteiger partial charge in [-0.2, -0.15) is 0 Å². The lowest BCUT2D eigenvalue weighted by Crippen LogP contribution is -2.37. The molecule has 4 rings (SSSR count). The molecule has 218 valence electrons. The molecule has 9 heteroatoms. The van der Waals surface area contributed by atoms with Crippen LogP contribution < -0.4 is 16.0 Å². The van der Waals surface area contributed by atoms with E-state index in [1.54, 1.807) is 0 Å². The topological polar surface area (TPSA) is 119 Å². The van der Waals surface area contributed by atoms with Crippen molar-refractivity contribution in [3.05, 3.63) is 65.7 Å². The molecule has 0 aliphatic heterocycles. The number of hydrogen-bond acceptors (Lipinski definition) is 6. The van der Waals surface area contributed by atoms with E-state index in [9.17, 15) is 14.4 Å². The number of ether oxygens (including phenoxy) is 2. The van der Waals surface area contributed by atoms with Gasteiger partial charge in [0.05, 0.1) is 23.9 Å². The van der Waals surface area contributed by atoms with Gasteiger partial charge in [-0.3, -0.25) is 4.79 Å². The molecule has 0 unspecified atom stereocenters. The number of alkyl carbamates (subject to hydrolysis) is 2. The Bertz CT molecular complexity index is 1360. The van der Waals surface area contributed by atoms with E-state index in [0.717, 1.165) is 47.7 Å². The predicted octanol–water partition coefficient (Wildman–Crippen LogP) is 5.82. The van der Waals surface area contributed by atoms with Crippen LogP contribution in [0, 0.1) is 11.8 Å². The summed E-state index contributed by atoms with van der Waals surface area (Å²) in [5.74, 6) is 0.705. The van der Waals surface area contributed by atoms with Gasteiger partial charge in [-0.15, -0.1) is 0 Å². The number of carbonyl (C=O) groups is 3. The quantitative estimate of drug-likeness (QED) is 0.320. The molecular formula is C32H40N4O5. The Morgan fingerprint density at radius 3 is 2.12 bits per heavy atom. The molecule has 1 fully saturated rings. The second-order valence-electron chi connectivity index (χ2n) is 11.6. The average molecular weight is 561 g/mol. The Kier molecular flexibility index (Phi) is 9.81. The van der Waals surface area contributed by atoms with Crippen LogP contribution in [0.5, 0.6) is 0 Å². The van der Waals surface area contributed by atoms with Gasteiger partial charge in [0.15, 0.2) is 0 Å². The number of fused-ring (bicyclic) bond motifs is 1. The second kappa shape index (κ2) is 13.5. The number of carbonyl (C=O) groups excluding carboxylic acids is 3. The fourth-order valence-electron chi connectivity index (χ4n) is 5.06. The number of methoxy groups -OCH3 is 1. The summed E-state index contributed by atoms with van der Waals surface area (Å²) in [5.41, 5.74) is 3.36. The van der Waals surface area contributed by atoms with E-state index in [1.165, 1.54) is 7.11 Å². The molecule has 1 aromatic heterocycles. The Labute approximate surface area is 241 Å². The van der Waals surface area contributed by atoms with Crippen molar-refractivity contribution in [2.24, 2.45) is 11.8 Å². The highest BCUT2D eigenvalue weighted by atomic mass is 16.6. The number of benzene rings is 2. The van der Waals surface area contributed by atoms with E-state index in [4.69, 9.17) is 9.72 Å². The minimum Gasteiger partial charge on any atom is -0.453 e. The van der Waals surface area contributed by atoms with Crippen LogP contribution >= 0.6 is 0 Å². The van der Waals surface area contributed by atoms with Crippen molar-refractivity contribution in [3.63, 3.8) is 0 Å². The third-order valence-corrected chi connectivity index (χ3v) is 7.28. The zero-order chi connectivity index (χ0) is 29.4. The smallest absolute Gasteiger partial charge is 0.407 e. The van der Waals surface area contributed by atoms with Gasteiger partial charge in [0.2, 0.25) is 0 Å². The van der Waals surface area contributed by atoms with Crippen LogP contribution in [0.15, 0.2) is 54.6 Å². The monoisotopic (exact) mass is 560 g/mol. The third kappa shape index (κ3) is 8.67. The summed E-state index contributed by atoms with van der Waals surface area (Å²) in [5, 5.41) is 9.53. The predicted molar refractivity (Wildman–Crippen MR) is 158 cm³/mol. The first-order chi connectivity index (χ1) is 19.6. The van der Waals surface area contributed by atoms with E-state index >= 15 is 0 Å². The van der Waals surface area contributed by atoms with Crippen molar-refractivity contribution in [2.45, 2.75) is 58.6 Å². The molecule has 41 heavy (non-hydrogen) atoms. The van der Waals surface area contributed by atoms with Crippen molar-refractivity contribution < 1.29 is 23.9 Å². The molecular weight excluding hydrogens is 520 g/mol. The molecule has 1 aliphatic rings. The number of nitrogens with one attached hydrogen (secondary N) is 3. The van der Waals surface area contributed by atoms with E-state index in [-0.39, 0.29) is 12.0 Å². The van der Waals surface area contributed by atoms with Gasteiger partial charge < -0.3 is 25.4 Å². The summed E-state index contributed by atoms with van der Waals surface area (Å²) in [6.45, 7) is 7.14. The lowest BCUT2D eigenvalue weighted by molar-refractivity contribution is 0.0512. The van der Waals surface area contributed by atoms with Gasteiger partial charge in [0, 0.05) is 30.6 Å². The molecule has 0 radical (unpaired) electrons. The highest BCUT2D eigenvalue weighted by Crippen LogP contribution is 2.29. The maximum absolute atomic E-state index is 13.4. The molecule has 3 amide bonds. The van der Waals surface area contributed by atoms with Crippen LogP contribution in [0.25, 0.3) is 22.2 Å². The highest BCUT2D eigenvalue weighted by Gasteiger charge is 2.24. The highest BCUT2D eigenvalue weighted by molar-refractivity contribution is 6.07. The Morgan fingerprint density at radius 2 is 1.49 bits per heavy atom. The van der Waals surface area contributed by atoms with Gasteiger partial charge >= 0.3 is 12.2 Å². The number of hydrogen-bond donors (Lipinski definition) is 3. The Hall–Kier alpha value is -4.14. The number of para-hydroxylation sites is 1. The number of amides is 3. The normalized spacial score (nSPS) is 17.0. The van der Waals surface area contributed by atoms with Gasteiger partial charge in [-0.1, -0.05) is 42.5 Å². The molecule has 1 aliphatic carbocycles. The maximum atomic E-state index is 13.4. The zero-order valence-corrected chi connectivity index (χ0v) is 24.3. The molecule has 0 spiro atoms. The summed E-state index contributed by atoms with van der Waals surface area (Å²) in [6.07, 6.45) is 3.15. The number of rotatable bonds is 8. The summed E-state index contributed by atoms with van der Waals surface area (Å²) in [7, 11) is 1.33. The first kappa shape index (κ1) is 29.8. The molecule has 1 saturated carbocycles. The Morgan fingerprint density at radius 1 is 0.854 bits per heavy atom. The van der Waals surface area contributed by atoms with E-state index in [0.29, 0.717) is 42.7 Å². The van der Waals surface area contributed by atoms with Crippen LogP contribution in [-0.2, 0) is 16.0 Å². The molecule has 0 atom stereocenters. The lowest BCUT2D eigenvalue weighted by atomic mass is 9.82. The van der Waals surface area contributed by atoms with Crippen LogP contribution in [-0.4, -0.2) is 48.9 Å². The molecule has 0 saturated heterocycles. The van der Waals surface area contributed by atoms with Gasteiger partial charge in [0.25, 0.3) is 5.91 Å². The maximum Gasteiger partial charge on any atom is 0.407 e. The van der Waals surface area contributed by atoms with Gasteiger partial charge in [-0.05, 0) is 76.0 Å². The molecule has 0 bridgehead atoms. The Balaban J connectivity index is 1.35. The standard InChI is InChI=1S/C32H40N4O5/c1-32(2,3)41-31(39)35-20-22-11-9-21(10-12-22)18-33-29(37)26-17-28(36-27-8-6-5-7-25(26)27)24-15-13-23(14-16-24)19-34-30(38)40-4/h5-8,13-17,21-22H,9-12,18-20H2,1-4H3,(H,33,37)(H,34,38)(H,35,39). The van der Waals surface area contributed by atoms with Crippen molar-refractivity contribution in [3.8, 4) is 11.3 Å². The SMILES string of the molecule is COC(=O)NCc1ccc(-c2cc(C(=O)NCC3CCC(CNC(=O)OC(C)(C)C)CC3)c3ccccc3n2)cc1. The van der Waals surface area contributed by atoms with E-state index < -0.39 is 11.7 Å². The number of nitrogens with zero attached hydrogens (tertiary/aromatic N) is 1. The average Bonchev–Trinajstić information content (AvgIpc) is 2.97.